The number of rotatable bonds is 1. The highest BCUT2D eigenvalue weighted by Crippen LogP contribution is 2.30. The van der Waals surface area contributed by atoms with Crippen LogP contribution in [0.4, 0.5) is 0 Å². The summed E-state index contributed by atoms with van der Waals surface area (Å²) in [5.74, 6) is 0.0434. The number of halogens is 1. The minimum absolute atomic E-state index is 0.0434. The van der Waals surface area contributed by atoms with Gasteiger partial charge in [0.15, 0.2) is 0 Å². The van der Waals surface area contributed by atoms with Crippen molar-refractivity contribution in [1.82, 2.24) is 9.78 Å². The minimum Gasteiger partial charge on any atom is -0.390 e. The molecule has 72 valence electrons. The van der Waals surface area contributed by atoms with Crippen LogP contribution in [-0.2, 0) is 11.8 Å². The van der Waals surface area contributed by atoms with Crippen LogP contribution in [0.1, 0.15) is 11.6 Å². The molecule has 1 saturated heterocycles. The molecule has 5 heteroatoms. The molecule has 1 fully saturated rings. The summed E-state index contributed by atoms with van der Waals surface area (Å²) in [6.07, 6.45) is 1.33. The maximum atomic E-state index is 9.62. The fourth-order valence-corrected chi connectivity index (χ4v) is 2.28. The molecule has 4 nitrogen and oxygen atoms in total. The van der Waals surface area contributed by atoms with Crippen molar-refractivity contribution in [2.45, 2.75) is 12.0 Å². The highest BCUT2D eigenvalue weighted by molar-refractivity contribution is 9.10. The maximum Gasteiger partial charge on any atom is 0.0879 e. The SMILES string of the molecule is Cn1ncc(Br)c1[C@@H]1COC[C@H]1O. The summed E-state index contributed by atoms with van der Waals surface area (Å²) in [7, 11) is 1.87. The molecule has 0 aliphatic carbocycles. The summed E-state index contributed by atoms with van der Waals surface area (Å²) in [5, 5.41) is 13.7. The second-order valence-corrected chi connectivity index (χ2v) is 4.07. The van der Waals surface area contributed by atoms with Crippen molar-refractivity contribution in [1.29, 1.82) is 0 Å². The van der Waals surface area contributed by atoms with Crippen molar-refractivity contribution in [3.05, 3.63) is 16.4 Å². The molecule has 0 aromatic carbocycles. The monoisotopic (exact) mass is 246 g/mol. The summed E-state index contributed by atoms with van der Waals surface area (Å²) < 4.78 is 7.90. The van der Waals surface area contributed by atoms with Crippen LogP contribution in [0.5, 0.6) is 0 Å². The standard InChI is InChI=1S/C8H11BrN2O2/c1-11-8(6(9)2-10-11)5-3-13-4-7(5)12/h2,5,7,12H,3-4H2,1H3/t5-,7-/m1/s1. The van der Waals surface area contributed by atoms with Crippen molar-refractivity contribution in [2.24, 2.45) is 7.05 Å². The Bertz CT molecular complexity index is 294. The first kappa shape index (κ1) is 9.18. The van der Waals surface area contributed by atoms with Crippen LogP contribution in [0.25, 0.3) is 0 Å². The Labute approximate surface area is 84.6 Å². The van der Waals surface area contributed by atoms with Crippen molar-refractivity contribution < 1.29 is 9.84 Å². The molecule has 13 heavy (non-hydrogen) atoms. The van der Waals surface area contributed by atoms with Crippen LogP contribution in [0.3, 0.4) is 0 Å². The zero-order valence-electron chi connectivity index (χ0n) is 7.27. The smallest absolute Gasteiger partial charge is 0.0879 e. The van der Waals surface area contributed by atoms with Gasteiger partial charge in [0.2, 0.25) is 0 Å². The lowest BCUT2D eigenvalue weighted by Crippen LogP contribution is -2.18. The lowest BCUT2D eigenvalue weighted by molar-refractivity contribution is 0.124. The molecular formula is C8H11BrN2O2. The fourth-order valence-electron chi connectivity index (χ4n) is 1.64. The molecule has 1 N–H and O–H groups in total. The molecule has 1 aromatic heterocycles. The van der Waals surface area contributed by atoms with E-state index in [0.717, 1.165) is 10.2 Å². The fraction of sp³-hybridized carbons (Fsp3) is 0.625. The van der Waals surface area contributed by atoms with E-state index in [9.17, 15) is 5.11 Å². The van der Waals surface area contributed by atoms with Crippen LogP contribution < -0.4 is 0 Å². The van der Waals surface area contributed by atoms with E-state index in [0.29, 0.717) is 13.2 Å². The van der Waals surface area contributed by atoms with Gasteiger partial charge >= 0.3 is 0 Å². The number of aromatic nitrogens is 2. The van der Waals surface area contributed by atoms with E-state index in [4.69, 9.17) is 4.74 Å². The number of aliphatic hydroxyl groups excluding tert-OH is 1. The third-order valence-corrected chi connectivity index (χ3v) is 2.95. The van der Waals surface area contributed by atoms with Crippen molar-refractivity contribution in [3.63, 3.8) is 0 Å². The van der Waals surface area contributed by atoms with Crippen LogP contribution in [0.2, 0.25) is 0 Å². The third kappa shape index (κ3) is 1.51. The third-order valence-electron chi connectivity index (χ3n) is 2.34. The molecule has 2 atom stereocenters. The zero-order valence-corrected chi connectivity index (χ0v) is 8.86. The van der Waals surface area contributed by atoms with E-state index in [-0.39, 0.29) is 5.92 Å². The quantitative estimate of drug-likeness (QED) is 0.792. The Morgan fingerprint density at radius 3 is 2.92 bits per heavy atom. The zero-order chi connectivity index (χ0) is 9.42. The summed E-state index contributed by atoms with van der Waals surface area (Å²) in [6, 6.07) is 0. The predicted octanol–water partition coefficient (Wildman–Crippen LogP) is 0.657. The van der Waals surface area contributed by atoms with Gasteiger partial charge in [0, 0.05) is 7.05 Å². The first-order valence-electron chi connectivity index (χ1n) is 4.13. The molecule has 1 aliphatic heterocycles. The topological polar surface area (TPSA) is 47.3 Å². The first-order chi connectivity index (χ1) is 6.20. The predicted molar refractivity (Wildman–Crippen MR) is 50.5 cm³/mol. The number of hydrogen-bond acceptors (Lipinski definition) is 3. The summed E-state index contributed by atoms with van der Waals surface area (Å²) >= 11 is 3.40. The van der Waals surface area contributed by atoms with E-state index in [1.54, 1.807) is 10.9 Å². The second kappa shape index (κ2) is 3.40. The van der Waals surface area contributed by atoms with Gasteiger partial charge in [0.05, 0.1) is 41.6 Å². The van der Waals surface area contributed by atoms with Gasteiger partial charge in [-0.15, -0.1) is 0 Å². The average molecular weight is 247 g/mol. The van der Waals surface area contributed by atoms with E-state index < -0.39 is 6.10 Å². The molecular weight excluding hydrogens is 236 g/mol. The Morgan fingerprint density at radius 2 is 2.46 bits per heavy atom. The van der Waals surface area contributed by atoms with Crippen molar-refractivity contribution in [2.75, 3.05) is 13.2 Å². The summed E-state index contributed by atoms with van der Waals surface area (Å²) in [5.41, 5.74) is 1.00. The molecule has 0 saturated carbocycles. The van der Waals surface area contributed by atoms with Gasteiger partial charge in [-0.1, -0.05) is 0 Å². The van der Waals surface area contributed by atoms with Gasteiger partial charge in [-0.05, 0) is 15.9 Å². The molecule has 0 spiro atoms. The van der Waals surface area contributed by atoms with Gasteiger partial charge in [0.1, 0.15) is 0 Å². The Hall–Kier alpha value is -0.390. The number of aryl methyl sites for hydroxylation is 1. The van der Waals surface area contributed by atoms with Crippen molar-refractivity contribution in [3.8, 4) is 0 Å². The Morgan fingerprint density at radius 1 is 1.69 bits per heavy atom. The van der Waals surface area contributed by atoms with Gasteiger partial charge in [-0.3, -0.25) is 4.68 Å². The molecule has 2 heterocycles. The van der Waals surface area contributed by atoms with Crippen LogP contribution in [0.15, 0.2) is 10.7 Å². The molecule has 0 unspecified atom stereocenters. The van der Waals surface area contributed by atoms with E-state index in [1.807, 2.05) is 7.05 Å². The van der Waals surface area contributed by atoms with Crippen molar-refractivity contribution >= 4 is 15.9 Å². The highest BCUT2D eigenvalue weighted by atomic mass is 79.9. The number of aliphatic hydroxyl groups is 1. The van der Waals surface area contributed by atoms with E-state index in [1.165, 1.54) is 0 Å². The van der Waals surface area contributed by atoms with Gasteiger partial charge in [0.25, 0.3) is 0 Å². The molecule has 2 rings (SSSR count). The Kier molecular flexibility index (Phi) is 2.40. The van der Waals surface area contributed by atoms with Gasteiger partial charge < -0.3 is 9.84 Å². The Balaban J connectivity index is 2.33. The maximum absolute atomic E-state index is 9.62. The number of ether oxygens (including phenoxy) is 1. The number of nitrogens with zero attached hydrogens (tertiary/aromatic N) is 2. The van der Waals surface area contributed by atoms with E-state index in [2.05, 4.69) is 21.0 Å². The molecule has 0 amide bonds. The van der Waals surface area contributed by atoms with Crippen LogP contribution >= 0.6 is 15.9 Å². The minimum atomic E-state index is -0.410. The summed E-state index contributed by atoms with van der Waals surface area (Å²) in [6.45, 7) is 0.988. The average Bonchev–Trinajstić information content (AvgIpc) is 2.60. The molecule has 0 radical (unpaired) electrons. The van der Waals surface area contributed by atoms with E-state index >= 15 is 0 Å². The largest absolute Gasteiger partial charge is 0.390 e. The van der Waals surface area contributed by atoms with Gasteiger partial charge in [-0.2, -0.15) is 5.10 Å². The molecule has 0 bridgehead atoms. The first-order valence-corrected chi connectivity index (χ1v) is 4.92. The van der Waals surface area contributed by atoms with Gasteiger partial charge in [-0.25, -0.2) is 0 Å². The van der Waals surface area contributed by atoms with Crippen LogP contribution in [0, 0.1) is 0 Å². The van der Waals surface area contributed by atoms with Crippen LogP contribution in [-0.4, -0.2) is 34.2 Å². The molecule has 1 aromatic rings. The normalized spacial score (nSPS) is 28.2. The second-order valence-electron chi connectivity index (χ2n) is 3.21. The summed E-state index contributed by atoms with van der Waals surface area (Å²) in [4.78, 5) is 0. The lowest BCUT2D eigenvalue weighted by Gasteiger charge is -2.13. The highest BCUT2D eigenvalue weighted by Gasteiger charge is 2.31. The lowest BCUT2D eigenvalue weighted by atomic mass is 10.0. The molecule has 1 aliphatic rings. The number of hydrogen-bond donors (Lipinski definition) is 1.